The second-order valence-corrected chi connectivity index (χ2v) is 5.15. The van der Waals surface area contributed by atoms with Crippen LogP contribution in [0.15, 0.2) is 21.2 Å². The fourth-order valence-electron chi connectivity index (χ4n) is 1.17. The van der Waals surface area contributed by atoms with E-state index in [1.165, 1.54) is 0 Å². The first-order chi connectivity index (χ1) is 7.74. The van der Waals surface area contributed by atoms with Gasteiger partial charge < -0.3 is 10.1 Å². The molecule has 0 spiro atoms. The molecule has 0 amide bonds. The van der Waals surface area contributed by atoms with Crippen LogP contribution in [0.25, 0.3) is 0 Å². The molecule has 1 rings (SSSR count). The topological polar surface area (TPSA) is 34.1 Å². The van der Waals surface area contributed by atoms with Crippen molar-refractivity contribution < 1.29 is 4.74 Å². The van der Waals surface area contributed by atoms with E-state index in [1.54, 1.807) is 6.20 Å². The molecule has 0 atom stereocenters. The Morgan fingerprint density at radius 3 is 2.88 bits per heavy atom. The van der Waals surface area contributed by atoms with Gasteiger partial charge in [0.1, 0.15) is 5.82 Å². The Kier molecular flexibility index (Phi) is 7.00. The summed E-state index contributed by atoms with van der Waals surface area (Å²) in [6, 6.07) is 1.98. The van der Waals surface area contributed by atoms with Crippen LogP contribution in [-0.4, -0.2) is 24.7 Å². The molecule has 0 aliphatic heterocycles. The quantitative estimate of drug-likeness (QED) is 0.758. The molecule has 0 unspecified atom stereocenters. The molecule has 16 heavy (non-hydrogen) atoms. The second kappa shape index (κ2) is 8.03. The van der Waals surface area contributed by atoms with Crippen molar-refractivity contribution in [2.24, 2.45) is 0 Å². The third-order valence-corrected chi connectivity index (χ3v) is 2.95. The average Bonchev–Trinajstić information content (AvgIpc) is 2.26. The molecule has 90 valence electrons. The van der Waals surface area contributed by atoms with E-state index in [0.29, 0.717) is 0 Å². The molecule has 0 aliphatic carbocycles. The third-order valence-electron chi connectivity index (χ3n) is 1.91. The van der Waals surface area contributed by atoms with Gasteiger partial charge in [-0.15, -0.1) is 0 Å². The Morgan fingerprint density at radius 1 is 1.38 bits per heavy atom. The van der Waals surface area contributed by atoms with Crippen LogP contribution < -0.4 is 5.32 Å². The largest absolute Gasteiger partial charge is 0.381 e. The van der Waals surface area contributed by atoms with Gasteiger partial charge in [-0.05, 0) is 50.8 Å². The standard InChI is InChI=1S/C11H16Br2N2O/c1-2-5-16-6-3-4-14-11-10(13)7-9(12)8-15-11/h7-8H,2-6H2,1H3,(H,14,15). The Morgan fingerprint density at radius 2 is 2.19 bits per heavy atom. The van der Waals surface area contributed by atoms with Gasteiger partial charge in [-0.3, -0.25) is 0 Å². The van der Waals surface area contributed by atoms with E-state index in [1.807, 2.05) is 6.07 Å². The van der Waals surface area contributed by atoms with Crippen LogP contribution >= 0.6 is 31.9 Å². The first-order valence-electron chi connectivity index (χ1n) is 5.36. The maximum Gasteiger partial charge on any atom is 0.140 e. The van der Waals surface area contributed by atoms with Gasteiger partial charge in [-0.2, -0.15) is 0 Å². The molecular formula is C11H16Br2N2O. The van der Waals surface area contributed by atoms with E-state index in [2.05, 4.69) is 49.1 Å². The van der Waals surface area contributed by atoms with Crippen molar-refractivity contribution >= 4 is 37.7 Å². The summed E-state index contributed by atoms with van der Waals surface area (Å²) in [5.74, 6) is 0.874. The maximum absolute atomic E-state index is 5.39. The zero-order valence-electron chi connectivity index (χ0n) is 9.30. The van der Waals surface area contributed by atoms with Gasteiger partial charge in [0.25, 0.3) is 0 Å². The van der Waals surface area contributed by atoms with E-state index >= 15 is 0 Å². The summed E-state index contributed by atoms with van der Waals surface area (Å²) >= 11 is 6.82. The zero-order valence-corrected chi connectivity index (χ0v) is 12.5. The summed E-state index contributed by atoms with van der Waals surface area (Å²) in [5, 5.41) is 3.26. The molecule has 0 fully saturated rings. The van der Waals surface area contributed by atoms with Gasteiger partial charge in [0.05, 0.1) is 4.47 Å². The predicted molar refractivity (Wildman–Crippen MR) is 73.9 cm³/mol. The molecule has 0 aliphatic rings. The predicted octanol–water partition coefficient (Wildman–Crippen LogP) is 3.84. The number of ether oxygens (including phenoxy) is 1. The van der Waals surface area contributed by atoms with Crippen molar-refractivity contribution in [2.75, 3.05) is 25.1 Å². The zero-order chi connectivity index (χ0) is 11.8. The Hall–Kier alpha value is -0.130. The first-order valence-corrected chi connectivity index (χ1v) is 6.95. The average molecular weight is 352 g/mol. The lowest BCUT2D eigenvalue weighted by Crippen LogP contribution is -2.07. The highest BCUT2D eigenvalue weighted by Gasteiger charge is 2.00. The lowest BCUT2D eigenvalue weighted by Gasteiger charge is -2.07. The van der Waals surface area contributed by atoms with E-state index in [9.17, 15) is 0 Å². The van der Waals surface area contributed by atoms with Crippen molar-refractivity contribution in [3.05, 3.63) is 21.2 Å². The number of pyridine rings is 1. The van der Waals surface area contributed by atoms with Gasteiger partial charge >= 0.3 is 0 Å². The SMILES string of the molecule is CCCOCCCNc1ncc(Br)cc1Br. The van der Waals surface area contributed by atoms with Crippen molar-refractivity contribution in [1.82, 2.24) is 4.98 Å². The molecule has 1 N–H and O–H groups in total. The van der Waals surface area contributed by atoms with Gasteiger partial charge in [0.15, 0.2) is 0 Å². The summed E-state index contributed by atoms with van der Waals surface area (Å²) in [6.07, 6.45) is 3.85. The highest BCUT2D eigenvalue weighted by molar-refractivity contribution is 9.11. The molecular weight excluding hydrogens is 336 g/mol. The second-order valence-electron chi connectivity index (χ2n) is 3.38. The minimum absolute atomic E-state index is 0.801. The van der Waals surface area contributed by atoms with E-state index in [0.717, 1.165) is 47.4 Å². The fraction of sp³-hybridized carbons (Fsp3) is 0.545. The van der Waals surface area contributed by atoms with Gasteiger partial charge in [-0.1, -0.05) is 6.92 Å². The van der Waals surface area contributed by atoms with Crippen molar-refractivity contribution in [2.45, 2.75) is 19.8 Å². The van der Waals surface area contributed by atoms with Crippen LogP contribution in [0, 0.1) is 0 Å². The van der Waals surface area contributed by atoms with Crippen LogP contribution in [0.2, 0.25) is 0 Å². The van der Waals surface area contributed by atoms with Crippen LogP contribution in [0.1, 0.15) is 19.8 Å². The molecule has 0 aromatic carbocycles. The van der Waals surface area contributed by atoms with Gasteiger partial charge in [-0.25, -0.2) is 4.98 Å². The number of nitrogens with one attached hydrogen (secondary N) is 1. The monoisotopic (exact) mass is 350 g/mol. The Bertz CT molecular complexity index is 321. The van der Waals surface area contributed by atoms with E-state index in [4.69, 9.17) is 4.74 Å². The lowest BCUT2D eigenvalue weighted by molar-refractivity contribution is 0.134. The molecule has 3 nitrogen and oxygen atoms in total. The summed E-state index contributed by atoms with van der Waals surface area (Å²) in [6.45, 7) is 4.63. The number of halogens is 2. The smallest absolute Gasteiger partial charge is 0.140 e. The number of aromatic nitrogens is 1. The highest BCUT2D eigenvalue weighted by atomic mass is 79.9. The van der Waals surface area contributed by atoms with Gasteiger partial charge in [0.2, 0.25) is 0 Å². The summed E-state index contributed by atoms with van der Waals surface area (Å²) in [4.78, 5) is 4.27. The molecule has 0 saturated carbocycles. The molecule has 0 bridgehead atoms. The first kappa shape index (κ1) is 13.9. The number of hydrogen-bond donors (Lipinski definition) is 1. The van der Waals surface area contributed by atoms with E-state index in [-0.39, 0.29) is 0 Å². The molecule has 0 radical (unpaired) electrons. The normalized spacial score (nSPS) is 10.4. The summed E-state index contributed by atoms with van der Waals surface area (Å²) in [5.41, 5.74) is 0. The molecule has 1 heterocycles. The van der Waals surface area contributed by atoms with Crippen LogP contribution in [-0.2, 0) is 4.74 Å². The molecule has 0 saturated heterocycles. The van der Waals surface area contributed by atoms with Crippen molar-refractivity contribution in [3.63, 3.8) is 0 Å². The minimum Gasteiger partial charge on any atom is -0.381 e. The van der Waals surface area contributed by atoms with Gasteiger partial charge in [0, 0.05) is 30.4 Å². The summed E-state index contributed by atoms with van der Waals surface area (Å²) < 4.78 is 7.33. The number of hydrogen-bond acceptors (Lipinski definition) is 3. The Balaban J connectivity index is 2.21. The Labute approximate surface area is 113 Å². The minimum atomic E-state index is 0.801. The molecule has 1 aromatic heterocycles. The van der Waals surface area contributed by atoms with Crippen LogP contribution in [0.4, 0.5) is 5.82 Å². The third kappa shape index (κ3) is 5.27. The summed E-state index contributed by atoms with van der Waals surface area (Å²) in [7, 11) is 0. The van der Waals surface area contributed by atoms with E-state index < -0.39 is 0 Å². The highest BCUT2D eigenvalue weighted by Crippen LogP contribution is 2.23. The van der Waals surface area contributed by atoms with Crippen molar-refractivity contribution in [1.29, 1.82) is 0 Å². The molecule has 5 heteroatoms. The maximum atomic E-state index is 5.39. The van der Waals surface area contributed by atoms with Crippen molar-refractivity contribution in [3.8, 4) is 0 Å². The lowest BCUT2D eigenvalue weighted by atomic mass is 10.4. The number of rotatable bonds is 7. The number of anilines is 1. The fourth-order valence-corrected chi connectivity index (χ4v) is 2.30. The van der Waals surface area contributed by atoms with Crippen LogP contribution in [0.3, 0.4) is 0 Å². The molecule has 1 aromatic rings. The number of nitrogens with zero attached hydrogens (tertiary/aromatic N) is 1. The van der Waals surface area contributed by atoms with Crippen LogP contribution in [0.5, 0.6) is 0 Å².